The lowest BCUT2D eigenvalue weighted by Gasteiger charge is -2.31. The van der Waals surface area contributed by atoms with Gasteiger partial charge in [-0.25, -0.2) is 19.0 Å². The summed E-state index contributed by atoms with van der Waals surface area (Å²) in [6.07, 6.45) is 8.75. The number of benzene rings is 1. The lowest BCUT2D eigenvalue weighted by Crippen LogP contribution is -2.41. The van der Waals surface area contributed by atoms with Gasteiger partial charge in [-0.2, -0.15) is 5.10 Å². The number of aromatic carboxylic acids is 1. The summed E-state index contributed by atoms with van der Waals surface area (Å²) >= 11 is 0. The zero-order valence-electron chi connectivity index (χ0n) is 21.4. The Morgan fingerprint density at radius 3 is 2.49 bits per heavy atom. The summed E-state index contributed by atoms with van der Waals surface area (Å²) < 4.78 is 3.26. The molecule has 0 saturated heterocycles. The molecule has 0 aliphatic heterocycles. The topological polar surface area (TPSA) is 106 Å². The number of carbonyl (C=O) groups is 2. The second-order valence-corrected chi connectivity index (χ2v) is 10.4. The van der Waals surface area contributed by atoms with Crippen molar-refractivity contribution in [2.75, 3.05) is 11.4 Å². The molecule has 0 spiro atoms. The predicted molar refractivity (Wildman–Crippen MR) is 141 cm³/mol. The van der Waals surface area contributed by atoms with Crippen LogP contribution < -0.4 is 4.90 Å². The highest BCUT2D eigenvalue weighted by molar-refractivity contribution is 6.01. The third-order valence-electron chi connectivity index (χ3n) is 7.02. The van der Waals surface area contributed by atoms with Gasteiger partial charge in [-0.15, -0.1) is 5.10 Å². The van der Waals surface area contributed by atoms with Crippen molar-refractivity contribution in [1.29, 1.82) is 0 Å². The van der Waals surface area contributed by atoms with Gasteiger partial charge in [0.2, 0.25) is 5.91 Å². The molecular weight excluding hydrogens is 468 g/mol. The number of fused-ring (bicyclic) bond motifs is 1. The lowest BCUT2D eigenvalue weighted by molar-refractivity contribution is -0.123. The molecule has 9 nitrogen and oxygen atoms in total. The van der Waals surface area contributed by atoms with E-state index in [0.717, 1.165) is 42.6 Å². The van der Waals surface area contributed by atoms with Crippen molar-refractivity contribution >= 4 is 23.3 Å². The normalized spacial score (nSPS) is 17.8. The molecule has 0 radical (unpaired) electrons. The largest absolute Gasteiger partial charge is 0.477 e. The first-order valence-corrected chi connectivity index (χ1v) is 12.9. The number of hydrogen-bond acceptors (Lipinski definition) is 5. The second kappa shape index (κ2) is 10.2. The first-order chi connectivity index (χ1) is 17.8. The summed E-state index contributed by atoms with van der Waals surface area (Å²) in [6, 6.07) is 11.3. The summed E-state index contributed by atoms with van der Waals surface area (Å²) in [5, 5.41) is 19.2. The summed E-state index contributed by atoms with van der Waals surface area (Å²) in [7, 11) is 0. The summed E-state index contributed by atoms with van der Waals surface area (Å²) in [5.41, 5.74) is 3.17. The van der Waals surface area contributed by atoms with E-state index in [1.165, 1.54) is 10.9 Å². The van der Waals surface area contributed by atoms with E-state index in [2.05, 4.69) is 22.1 Å². The zero-order chi connectivity index (χ0) is 26.1. The van der Waals surface area contributed by atoms with Gasteiger partial charge in [-0.05, 0) is 55.7 Å². The predicted octanol–water partition coefficient (Wildman–Crippen LogP) is 5.10. The molecule has 3 aromatic heterocycles. The van der Waals surface area contributed by atoms with Gasteiger partial charge < -0.3 is 5.11 Å². The third kappa shape index (κ3) is 5.12. The molecule has 1 fully saturated rings. The molecule has 1 aliphatic carbocycles. The summed E-state index contributed by atoms with van der Waals surface area (Å²) in [4.78, 5) is 31.7. The number of aromatic nitrogens is 5. The van der Waals surface area contributed by atoms with Crippen molar-refractivity contribution in [2.45, 2.75) is 46.5 Å². The van der Waals surface area contributed by atoms with E-state index in [1.54, 1.807) is 15.6 Å². The van der Waals surface area contributed by atoms with E-state index in [9.17, 15) is 14.7 Å². The van der Waals surface area contributed by atoms with E-state index >= 15 is 0 Å². The van der Waals surface area contributed by atoms with Crippen LogP contribution in [0.15, 0.2) is 55.0 Å². The van der Waals surface area contributed by atoms with Gasteiger partial charge in [0, 0.05) is 42.7 Å². The van der Waals surface area contributed by atoms with E-state index in [-0.39, 0.29) is 29.1 Å². The molecule has 1 saturated carbocycles. The maximum Gasteiger partial charge on any atom is 0.341 e. The number of hydrogen-bond donors (Lipinski definition) is 1. The molecule has 1 amide bonds. The Morgan fingerprint density at radius 2 is 1.84 bits per heavy atom. The quantitative estimate of drug-likeness (QED) is 0.379. The van der Waals surface area contributed by atoms with Gasteiger partial charge in [-0.3, -0.25) is 9.69 Å². The van der Waals surface area contributed by atoms with Crippen LogP contribution in [0.25, 0.3) is 22.6 Å². The van der Waals surface area contributed by atoms with Gasteiger partial charge in [0.1, 0.15) is 5.56 Å². The van der Waals surface area contributed by atoms with Gasteiger partial charge in [0.15, 0.2) is 11.5 Å². The Kier molecular flexibility index (Phi) is 6.78. The van der Waals surface area contributed by atoms with Crippen LogP contribution in [0.3, 0.4) is 0 Å². The molecule has 1 N–H and O–H groups in total. The molecule has 192 valence electrons. The molecule has 0 bridgehead atoms. The molecule has 5 rings (SSSR count). The van der Waals surface area contributed by atoms with Crippen molar-refractivity contribution < 1.29 is 14.7 Å². The van der Waals surface area contributed by atoms with Gasteiger partial charge >= 0.3 is 5.97 Å². The highest BCUT2D eigenvalue weighted by Crippen LogP contribution is 2.32. The fourth-order valence-corrected chi connectivity index (χ4v) is 4.98. The molecule has 1 aromatic carbocycles. The molecular formula is C28H32N6O3. The second-order valence-electron chi connectivity index (χ2n) is 10.4. The number of nitrogens with zero attached hydrogens (tertiary/aromatic N) is 6. The summed E-state index contributed by atoms with van der Waals surface area (Å²) in [5.74, 6) is -0.229. The molecule has 3 heterocycles. The Balaban J connectivity index is 1.46. The Labute approximate surface area is 215 Å². The van der Waals surface area contributed by atoms with Crippen LogP contribution in [-0.4, -0.2) is 47.9 Å². The average Bonchev–Trinajstić information content (AvgIpc) is 3.52. The van der Waals surface area contributed by atoms with Crippen molar-refractivity contribution in [2.24, 2.45) is 17.8 Å². The third-order valence-corrected chi connectivity index (χ3v) is 7.02. The van der Waals surface area contributed by atoms with Gasteiger partial charge in [0.25, 0.3) is 0 Å². The molecule has 0 unspecified atom stereocenters. The van der Waals surface area contributed by atoms with E-state index < -0.39 is 5.97 Å². The average molecular weight is 501 g/mol. The first-order valence-electron chi connectivity index (χ1n) is 12.9. The fourth-order valence-electron chi connectivity index (χ4n) is 4.98. The minimum atomic E-state index is -1.10. The molecule has 0 atom stereocenters. The number of carbonyl (C=O) groups excluding carboxylic acids is 1. The van der Waals surface area contributed by atoms with Crippen LogP contribution >= 0.6 is 0 Å². The van der Waals surface area contributed by atoms with Gasteiger partial charge in [0.05, 0.1) is 11.4 Å². The highest BCUT2D eigenvalue weighted by atomic mass is 16.4. The van der Waals surface area contributed by atoms with Crippen molar-refractivity contribution in [3.8, 4) is 16.9 Å². The Bertz CT molecular complexity index is 1380. The van der Waals surface area contributed by atoms with E-state index in [4.69, 9.17) is 0 Å². The number of anilines is 1. The smallest absolute Gasteiger partial charge is 0.341 e. The monoisotopic (exact) mass is 500 g/mol. The summed E-state index contributed by atoms with van der Waals surface area (Å²) in [6.45, 7) is 6.68. The maximum atomic E-state index is 13.6. The Hall–Kier alpha value is -4.01. The fraction of sp³-hybridized carbons (Fsp3) is 0.393. The van der Waals surface area contributed by atoms with Crippen LogP contribution in [0.5, 0.6) is 0 Å². The number of carboxylic acids is 1. The lowest BCUT2D eigenvalue weighted by atomic mass is 9.82. The number of rotatable bonds is 7. The van der Waals surface area contributed by atoms with Crippen LogP contribution in [0.2, 0.25) is 0 Å². The van der Waals surface area contributed by atoms with E-state index in [1.807, 2.05) is 56.4 Å². The van der Waals surface area contributed by atoms with Crippen molar-refractivity contribution in [3.63, 3.8) is 0 Å². The van der Waals surface area contributed by atoms with Crippen molar-refractivity contribution in [1.82, 2.24) is 24.4 Å². The van der Waals surface area contributed by atoms with Crippen LogP contribution in [0.4, 0.5) is 5.82 Å². The standard InChI is InChI=1S/C28H32N6O3/c1-18(2)16-32(27(35)21-7-5-19(3)6-8-21)26-23(28(36)37)17-34(31-26)22-11-9-20(10-12-22)24-15-25-29-13-4-14-33(25)30-24/h4,9-15,17-19,21H,5-8,16H2,1-3H3,(H,36,37)/t19-,21-. The number of amides is 1. The Morgan fingerprint density at radius 1 is 1.11 bits per heavy atom. The molecule has 4 aromatic rings. The van der Waals surface area contributed by atoms with Crippen LogP contribution in [0.1, 0.15) is 56.8 Å². The first kappa shape index (κ1) is 24.7. The van der Waals surface area contributed by atoms with Crippen molar-refractivity contribution in [3.05, 3.63) is 60.6 Å². The highest BCUT2D eigenvalue weighted by Gasteiger charge is 2.33. The maximum absolute atomic E-state index is 13.6. The number of carboxylic acid groups (broad SMARTS) is 1. The van der Waals surface area contributed by atoms with Crippen LogP contribution in [0, 0.1) is 17.8 Å². The SMILES string of the molecule is CC(C)CN(c1nn(-c2ccc(-c3cc4ncccn4n3)cc2)cc1C(=O)O)C(=O)[C@H]1CC[C@H](C)CC1. The van der Waals surface area contributed by atoms with Gasteiger partial charge in [-0.1, -0.05) is 32.9 Å². The molecule has 9 heteroatoms. The minimum absolute atomic E-state index is 0.0219. The van der Waals surface area contributed by atoms with Crippen LogP contribution in [-0.2, 0) is 4.79 Å². The van der Waals surface area contributed by atoms with E-state index in [0.29, 0.717) is 18.2 Å². The minimum Gasteiger partial charge on any atom is -0.477 e. The molecule has 37 heavy (non-hydrogen) atoms. The zero-order valence-corrected chi connectivity index (χ0v) is 21.4. The molecule has 1 aliphatic rings.